The minimum Gasteiger partial charge on any atom is -0.379 e. The summed E-state index contributed by atoms with van der Waals surface area (Å²) in [5.74, 6) is -0.495. The van der Waals surface area contributed by atoms with Gasteiger partial charge >= 0.3 is 6.03 Å². The number of rotatable bonds is 5. The molecule has 2 amide bonds. The number of hydrogen-bond donors (Lipinski definition) is 2. The van der Waals surface area contributed by atoms with E-state index in [9.17, 15) is 9.18 Å². The smallest absolute Gasteiger partial charge is 0.319 e. The number of hydrogen-bond acceptors (Lipinski definition) is 5. The molecule has 0 unspecified atom stereocenters. The zero-order valence-electron chi connectivity index (χ0n) is 14.0. The Balaban J connectivity index is 1.51. The van der Waals surface area contributed by atoms with E-state index < -0.39 is 5.82 Å². The number of benzene rings is 1. The van der Waals surface area contributed by atoms with Gasteiger partial charge in [-0.15, -0.1) is 0 Å². The molecule has 1 aromatic heterocycles. The van der Waals surface area contributed by atoms with Crippen molar-refractivity contribution in [2.24, 2.45) is 0 Å². The van der Waals surface area contributed by atoms with E-state index in [1.165, 1.54) is 29.5 Å². The summed E-state index contributed by atoms with van der Waals surface area (Å²) in [6.45, 7) is 5.71. The van der Waals surface area contributed by atoms with Gasteiger partial charge in [0.25, 0.3) is 0 Å². The van der Waals surface area contributed by atoms with Gasteiger partial charge in [-0.2, -0.15) is 5.10 Å². The monoisotopic (exact) mass is 348 g/mol. The van der Waals surface area contributed by atoms with Crippen LogP contribution in [0.15, 0.2) is 30.9 Å². The normalized spacial score (nSPS) is 16.4. The van der Waals surface area contributed by atoms with Crippen molar-refractivity contribution in [2.45, 2.75) is 13.0 Å². The Morgan fingerprint density at radius 2 is 2.20 bits per heavy atom. The largest absolute Gasteiger partial charge is 0.379 e. The molecule has 8 nitrogen and oxygen atoms in total. The minimum atomic E-state index is -0.495. The second-order valence-corrected chi connectivity index (χ2v) is 5.84. The van der Waals surface area contributed by atoms with Crippen LogP contribution >= 0.6 is 0 Å². The fourth-order valence-corrected chi connectivity index (χ4v) is 2.67. The van der Waals surface area contributed by atoms with Gasteiger partial charge in [0.05, 0.1) is 13.2 Å². The van der Waals surface area contributed by atoms with Gasteiger partial charge in [-0.1, -0.05) is 0 Å². The van der Waals surface area contributed by atoms with E-state index >= 15 is 0 Å². The Morgan fingerprint density at radius 3 is 2.88 bits per heavy atom. The molecule has 2 N–H and O–H groups in total. The minimum absolute atomic E-state index is 0.209. The summed E-state index contributed by atoms with van der Waals surface area (Å²) in [7, 11) is 0. The van der Waals surface area contributed by atoms with Crippen LogP contribution in [-0.2, 0) is 4.74 Å². The van der Waals surface area contributed by atoms with Crippen LogP contribution in [0.3, 0.4) is 0 Å². The number of amides is 2. The standard InChI is InChI=1S/C16H21FN6O2/c1-12(22-4-6-25-7-5-22)9-19-16(24)21-13-2-3-15(14(17)8-13)23-11-18-10-20-23/h2-3,8,10-12H,4-7,9H2,1H3,(H2,19,21,24)/t12-/m0/s1. The first-order chi connectivity index (χ1) is 12.1. The summed E-state index contributed by atoms with van der Waals surface area (Å²) in [6, 6.07) is 4.25. The first-order valence-electron chi connectivity index (χ1n) is 8.14. The lowest BCUT2D eigenvalue weighted by atomic mass is 10.2. The van der Waals surface area contributed by atoms with Crippen molar-refractivity contribution in [1.82, 2.24) is 25.0 Å². The predicted octanol–water partition coefficient (Wildman–Crippen LogP) is 1.25. The number of aromatic nitrogens is 3. The number of nitrogens with one attached hydrogen (secondary N) is 2. The molecule has 9 heteroatoms. The molecule has 2 heterocycles. The van der Waals surface area contributed by atoms with Crippen LogP contribution in [-0.4, -0.2) is 64.6 Å². The zero-order valence-corrected chi connectivity index (χ0v) is 14.0. The van der Waals surface area contributed by atoms with Gasteiger partial charge in [0, 0.05) is 31.4 Å². The first-order valence-corrected chi connectivity index (χ1v) is 8.14. The third kappa shape index (κ3) is 4.52. The molecule has 134 valence electrons. The number of carbonyl (C=O) groups is 1. The Labute approximate surface area is 145 Å². The lowest BCUT2D eigenvalue weighted by Gasteiger charge is -2.32. The quantitative estimate of drug-likeness (QED) is 0.850. The van der Waals surface area contributed by atoms with E-state index in [1.807, 2.05) is 0 Å². The van der Waals surface area contributed by atoms with Crippen LogP contribution in [0, 0.1) is 5.82 Å². The molecular formula is C16H21FN6O2. The lowest BCUT2D eigenvalue weighted by molar-refractivity contribution is 0.0209. The third-order valence-corrected chi connectivity index (χ3v) is 4.10. The van der Waals surface area contributed by atoms with E-state index in [0.29, 0.717) is 25.4 Å². The van der Waals surface area contributed by atoms with Crippen molar-refractivity contribution >= 4 is 11.7 Å². The van der Waals surface area contributed by atoms with Crippen LogP contribution in [0.25, 0.3) is 5.69 Å². The van der Waals surface area contributed by atoms with E-state index in [1.54, 1.807) is 6.07 Å². The highest BCUT2D eigenvalue weighted by Crippen LogP contribution is 2.17. The molecule has 1 aromatic carbocycles. The van der Waals surface area contributed by atoms with E-state index in [4.69, 9.17) is 4.74 Å². The molecule has 1 aliphatic heterocycles. The Morgan fingerprint density at radius 1 is 1.40 bits per heavy atom. The number of anilines is 1. The van der Waals surface area contributed by atoms with Crippen LogP contribution < -0.4 is 10.6 Å². The second-order valence-electron chi connectivity index (χ2n) is 5.84. The average Bonchev–Trinajstić information content (AvgIpc) is 3.15. The van der Waals surface area contributed by atoms with Crippen LogP contribution in [0.2, 0.25) is 0 Å². The topological polar surface area (TPSA) is 84.3 Å². The van der Waals surface area contributed by atoms with Gasteiger partial charge in [0.2, 0.25) is 0 Å². The zero-order chi connectivity index (χ0) is 17.6. The maximum atomic E-state index is 14.1. The van der Waals surface area contributed by atoms with E-state index in [-0.39, 0.29) is 17.8 Å². The van der Waals surface area contributed by atoms with Gasteiger partial charge in [-0.05, 0) is 25.1 Å². The van der Waals surface area contributed by atoms with Crippen molar-refractivity contribution in [2.75, 3.05) is 38.2 Å². The summed E-state index contributed by atoms with van der Waals surface area (Å²) in [6.07, 6.45) is 2.74. The average molecular weight is 348 g/mol. The Hall–Kier alpha value is -2.52. The fraction of sp³-hybridized carbons (Fsp3) is 0.438. The predicted molar refractivity (Wildman–Crippen MR) is 90.2 cm³/mol. The molecule has 1 aliphatic rings. The molecule has 0 spiro atoms. The molecule has 0 saturated carbocycles. The summed E-state index contributed by atoms with van der Waals surface area (Å²) in [5.41, 5.74) is 0.641. The summed E-state index contributed by atoms with van der Waals surface area (Å²) < 4.78 is 20.8. The van der Waals surface area contributed by atoms with Crippen LogP contribution in [0.1, 0.15) is 6.92 Å². The van der Waals surface area contributed by atoms with Crippen molar-refractivity contribution < 1.29 is 13.9 Å². The maximum absolute atomic E-state index is 14.1. The number of morpholine rings is 1. The van der Waals surface area contributed by atoms with Crippen LogP contribution in [0.5, 0.6) is 0 Å². The molecule has 25 heavy (non-hydrogen) atoms. The van der Waals surface area contributed by atoms with Crippen molar-refractivity contribution in [1.29, 1.82) is 0 Å². The van der Waals surface area contributed by atoms with Crippen molar-refractivity contribution in [3.8, 4) is 5.69 Å². The number of ether oxygens (including phenoxy) is 1. The molecular weight excluding hydrogens is 327 g/mol. The summed E-state index contributed by atoms with van der Waals surface area (Å²) in [5, 5.41) is 9.33. The number of urea groups is 1. The van der Waals surface area contributed by atoms with Gasteiger partial charge < -0.3 is 15.4 Å². The van der Waals surface area contributed by atoms with Gasteiger partial charge in [0.15, 0.2) is 5.82 Å². The van der Waals surface area contributed by atoms with Crippen molar-refractivity contribution in [3.63, 3.8) is 0 Å². The molecule has 2 aromatic rings. The fourth-order valence-electron chi connectivity index (χ4n) is 2.67. The lowest BCUT2D eigenvalue weighted by Crippen LogP contribution is -2.47. The molecule has 0 bridgehead atoms. The molecule has 0 aliphatic carbocycles. The molecule has 3 rings (SSSR count). The highest BCUT2D eigenvalue weighted by atomic mass is 19.1. The van der Waals surface area contributed by atoms with Gasteiger partial charge in [-0.3, -0.25) is 4.90 Å². The van der Waals surface area contributed by atoms with Gasteiger partial charge in [-0.25, -0.2) is 18.9 Å². The highest BCUT2D eigenvalue weighted by molar-refractivity contribution is 5.89. The number of halogens is 1. The molecule has 1 atom stereocenters. The number of nitrogens with zero attached hydrogens (tertiary/aromatic N) is 4. The van der Waals surface area contributed by atoms with E-state index in [2.05, 4.69) is 32.5 Å². The SMILES string of the molecule is C[C@@H](CNC(=O)Nc1ccc(-n2cncn2)c(F)c1)N1CCOCC1. The first kappa shape index (κ1) is 17.3. The summed E-state index contributed by atoms with van der Waals surface area (Å²) in [4.78, 5) is 18.1. The van der Waals surface area contributed by atoms with Crippen LogP contribution in [0.4, 0.5) is 14.9 Å². The van der Waals surface area contributed by atoms with Crippen molar-refractivity contribution in [3.05, 3.63) is 36.7 Å². The van der Waals surface area contributed by atoms with E-state index in [0.717, 1.165) is 13.1 Å². The van der Waals surface area contributed by atoms with Gasteiger partial charge in [0.1, 0.15) is 18.3 Å². The maximum Gasteiger partial charge on any atom is 0.319 e. The number of carbonyl (C=O) groups excluding carboxylic acids is 1. The molecule has 1 fully saturated rings. The Bertz CT molecular complexity index is 703. The second kappa shape index (κ2) is 8.04. The molecule has 0 radical (unpaired) electrons. The Kier molecular flexibility index (Phi) is 5.56. The summed E-state index contributed by atoms with van der Waals surface area (Å²) >= 11 is 0. The third-order valence-electron chi connectivity index (χ3n) is 4.10. The molecule has 1 saturated heterocycles. The highest BCUT2D eigenvalue weighted by Gasteiger charge is 2.17.